The summed E-state index contributed by atoms with van der Waals surface area (Å²) in [4.78, 5) is 32.1. The Morgan fingerprint density at radius 2 is 1.86 bits per heavy atom. The summed E-state index contributed by atoms with van der Waals surface area (Å²) in [6.07, 6.45) is -6.47. The first-order valence-electron chi connectivity index (χ1n) is 12.9. The molecule has 2 atom stereocenters. The number of aliphatic hydroxyl groups is 1. The zero-order chi connectivity index (χ0) is 31.1. The molecule has 1 aliphatic heterocycles. The van der Waals surface area contributed by atoms with Crippen molar-refractivity contribution in [2.75, 3.05) is 13.7 Å². The van der Waals surface area contributed by atoms with Gasteiger partial charge in [-0.15, -0.1) is 13.2 Å². The van der Waals surface area contributed by atoms with Crippen molar-refractivity contribution in [2.45, 2.75) is 38.1 Å². The van der Waals surface area contributed by atoms with Crippen molar-refractivity contribution in [1.29, 1.82) is 0 Å². The van der Waals surface area contributed by atoms with Crippen molar-refractivity contribution in [2.24, 2.45) is 10.9 Å². The topological polar surface area (TPSA) is 136 Å². The summed E-state index contributed by atoms with van der Waals surface area (Å²) >= 11 is 5.84. The Balaban J connectivity index is 1.28. The molecule has 228 valence electrons. The second-order valence-corrected chi connectivity index (χ2v) is 9.96. The van der Waals surface area contributed by atoms with Crippen LogP contribution in [0.15, 0.2) is 71.9 Å². The number of rotatable bonds is 11. The number of amidine groups is 1. The summed E-state index contributed by atoms with van der Waals surface area (Å²) < 4.78 is 46.8. The van der Waals surface area contributed by atoms with Gasteiger partial charge in [0.1, 0.15) is 24.1 Å². The van der Waals surface area contributed by atoms with E-state index in [1.807, 2.05) is 24.3 Å². The quantitative estimate of drug-likeness (QED) is 0.167. The molecule has 0 radical (unpaired) electrons. The lowest BCUT2D eigenvalue weighted by Gasteiger charge is -2.40. The third-order valence-electron chi connectivity index (χ3n) is 6.53. The lowest BCUT2D eigenvalue weighted by Crippen LogP contribution is -2.59. The number of hydrogen-bond acceptors (Lipinski definition) is 7. The van der Waals surface area contributed by atoms with Gasteiger partial charge in [0, 0.05) is 23.7 Å². The molecule has 3 aromatic carbocycles. The first-order valence-corrected chi connectivity index (χ1v) is 13.3. The molecule has 43 heavy (non-hydrogen) atoms. The lowest BCUT2D eigenvalue weighted by atomic mass is 9.98. The Hall–Kier alpha value is -4.49. The Morgan fingerprint density at radius 1 is 1.12 bits per heavy atom. The maximum absolute atomic E-state index is 12.9. The van der Waals surface area contributed by atoms with Gasteiger partial charge < -0.3 is 35.4 Å². The minimum Gasteiger partial charge on any atom is -0.497 e. The van der Waals surface area contributed by atoms with Crippen LogP contribution in [0.5, 0.6) is 11.5 Å². The molecule has 4 rings (SSSR count). The molecular formula is C29H28ClF3N4O6. The highest BCUT2D eigenvalue weighted by atomic mass is 35.5. The van der Waals surface area contributed by atoms with Gasteiger partial charge in [0.2, 0.25) is 5.91 Å². The molecule has 2 unspecified atom stereocenters. The van der Waals surface area contributed by atoms with Crippen LogP contribution < -0.4 is 20.5 Å². The summed E-state index contributed by atoms with van der Waals surface area (Å²) in [6, 6.07) is 16.3. The summed E-state index contributed by atoms with van der Waals surface area (Å²) in [6.45, 7) is 0.538. The molecule has 14 heteroatoms. The zero-order valence-corrected chi connectivity index (χ0v) is 23.6. The molecule has 3 aromatic rings. The smallest absolute Gasteiger partial charge is 0.497 e. The average molecular weight is 621 g/mol. The van der Waals surface area contributed by atoms with Gasteiger partial charge in [0.05, 0.1) is 7.11 Å². The van der Waals surface area contributed by atoms with E-state index in [0.29, 0.717) is 17.7 Å². The molecule has 2 amide bonds. The second kappa shape index (κ2) is 13.7. The Morgan fingerprint density at radius 3 is 2.51 bits per heavy atom. The van der Waals surface area contributed by atoms with Crippen molar-refractivity contribution >= 4 is 29.3 Å². The largest absolute Gasteiger partial charge is 0.573 e. The van der Waals surface area contributed by atoms with E-state index in [1.165, 1.54) is 0 Å². The van der Waals surface area contributed by atoms with Gasteiger partial charge in [0.25, 0.3) is 5.91 Å². The number of oxime groups is 1. The number of nitrogens with two attached hydrogens (primary N) is 1. The van der Waals surface area contributed by atoms with Crippen LogP contribution in [0, 0.1) is 0 Å². The molecule has 1 heterocycles. The van der Waals surface area contributed by atoms with Gasteiger partial charge in [-0.2, -0.15) is 0 Å². The van der Waals surface area contributed by atoms with Crippen molar-refractivity contribution in [3.63, 3.8) is 0 Å². The Bertz CT molecular complexity index is 1490. The number of halogens is 4. The molecule has 1 aliphatic rings. The number of amides is 2. The Kier molecular flexibility index (Phi) is 9.99. The van der Waals surface area contributed by atoms with Crippen LogP contribution in [0.4, 0.5) is 13.2 Å². The maximum atomic E-state index is 12.9. The predicted octanol–water partition coefficient (Wildman–Crippen LogP) is 4.04. The van der Waals surface area contributed by atoms with Gasteiger partial charge in [-0.05, 0) is 53.4 Å². The molecule has 0 bridgehead atoms. The highest BCUT2D eigenvalue weighted by molar-refractivity contribution is 6.30. The molecule has 0 aliphatic carbocycles. The van der Waals surface area contributed by atoms with E-state index in [9.17, 15) is 27.9 Å². The predicted molar refractivity (Wildman–Crippen MR) is 150 cm³/mol. The third kappa shape index (κ3) is 8.52. The highest BCUT2D eigenvalue weighted by Gasteiger charge is 2.40. The maximum Gasteiger partial charge on any atom is 0.573 e. The first-order chi connectivity index (χ1) is 20.4. The monoisotopic (exact) mass is 620 g/mol. The van der Waals surface area contributed by atoms with Crippen LogP contribution in [0.3, 0.4) is 0 Å². The van der Waals surface area contributed by atoms with Crippen molar-refractivity contribution in [1.82, 2.24) is 10.2 Å². The molecule has 0 spiro atoms. The van der Waals surface area contributed by atoms with Gasteiger partial charge >= 0.3 is 6.36 Å². The minimum atomic E-state index is -4.98. The molecule has 0 saturated carbocycles. The van der Waals surface area contributed by atoms with Gasteiger partial charge in [0.15, 0.2) is 11.9 Å². The number of aliphatic hydroxyl groups excluding tert-OH is 1. The number of carbonyl (C=O) groups excluding carboxylic acids is 2. The fourth-order valence-corrected chi connectivity index (χ4v) is 4.48. The average Bonchev–Trinajstić information content (AvgIpc) is 2.94. The number of carbonyl (C=O) groups is 2. The number of hydrogen-bond donors (Lipinski definition) is 3. The van der Waals surface area contributed by atoms with E-state index in [2.05, 4.69) is 15.2 Å². The summed E-state index contributed by atoms with van der Waals surface area (Å²) in [5, 5.41) is 17.0. The van der Waals surface area contributed by atoms with Crippen LogP contribution in [-0.2, 0) is 27.6 Å². The molecular weight excluding hydrogens is 593 g/mol. The number of nitrogens with zero attached hydrogens (tertiary/aromatic N) is 2. The third-order valence-corrected chi connectivity index (χ3v) is 6.75. The number of nitrogens with one attached hydrogen (secondary N) is 1. The highest BCUT2D eigenvalue weighted by Crippen LogP contribution is 2.31. The number of benzene rings is 3. The minimum absolute atomic E-state index is 0.149. The van der Waals surface area contributed by atoms with Crippen LogP contribution in [0.25, 0.3) is 0 Å². The summed E-state index contributed by atoms with van der Waals surface area (Å²) in [5.41, 5.74) is 8.03. The lowest BCUT2D eigenvalue weighted by molar-refractivity contribution is -0.274. The summed E-state index contributed by atoms with van der Waals surface area (Å²) in [5.74, 6) is -1.11. The number of ether oxygens (including phenoxy) is 2. The van der Waals surface area contributed by atoms with Crippen LogP contribution in [0.2, 0.25) is 5.02 Å². The van der Waals surface area contributed by atoms with Crippen molar-refractivity contribution < 1.29 is 42.2 Å². The van der Waals surface area contributed by atoms with E-state index >= 15 is 0 Å². The van der Waals surface area contributed by atoms with Crippen LogP contribution in [-0.4, -0.2) is 53.7 Å². The zero-order valence-electron chi connectivity index (χ0n) is 22.8. The number of likely N-dealkylation sites (tertiary alicyclic amines) is 1. The molecule has 10 nitrogen and oxygen atoms in total. The SMILES string of the molecule is COc1cccc(CO/N=C(/N)c2ccc(CNC(=O)C3CCN3C(=O)C(O)c3cc(Cl)cc(OC(F)(F)F)c3)cc2)c1. The van der Waals surface area contributed by atoms with E-state index < -0.39 is 36.1 Å². The van der Waals surface area contributed by atoms with Crippen LogP contribution >= 0.6 is 11.6 Å². The van der Waals surface area contributed by atoms with E-state index in [-0.39, 0.29) is 36.1 Å². The molecule has 1 fully saturated rings. The first kappa shape index (κ1) is 31.4. The summed E-state index contributed by atoms with van der Waals surface area (Å²) in [7, 11) is 1.57. The molecule has 1 saturated heterocycles. The van der Waals surface area contributed by atoms with Crippen molar-refractivity contribution in [3.05, 3.63) is 94.0 Å². The molecule has 4 N–H and O–H groups in total. The van der Waals surface area contributed by atoms with Crippen molar-refractivity contribution in [3.8, 4) is 11.5 Å². The van der Waals surface area contributed by atoms with E-state index in [1.54, 1.807) is 31.4 Å². The van der Waals surface area contributed by atoms with Crippen LogP contribution in [0.1, 0.15) is 34.8 Å². The van der Waals surface area contributed by atoms with Gasteiger partial charge in [-0.3, -0.25) is 9.59 Å². The fraction of sp³-hybridized carbons (Fsp3) is 0.276. The molecule has 0 aromatic heterocycles. The number of methoxy groups -OCH3 is 1. The number of alkyl halides is 3. The Labute approximate surface area is 249 Å². The van der Waals surface area contributed by atoms with Gasteiger partial charge in [-0.25, -0.2) is 0 Å². The van der Waals surface area contributed by atoms with Gasteiger partial charge in [-0.1, -0.05) is 53.2 Å². The fourth-order valence-electron chi connectivity index (χ4n) is 4.25. The second-order valence-electron chi connectivity index (χ2n) is 9.52. The normalized spacial score (nSPS) is 15.7. The van der Waals surface area contributed by atoms with E-state index in [4.69, 9.17) is 26.9 Å². The van der Waals surface area contributed by atoms with E-state index in [0.717, 1.165) is 34.2 Å². The standard InChI is InChI=1S/C29H28ClF3N4O6/c1-41-22-4-2-3-18(11-22)16-42-36-26(34)19-7-5-17(6-8-19)15-35-27(39)24-9-10-37(24)28(40)25(38)20-12-21(30)14-23(13-20)43-29(31,32)33/h2-8,11-14,24-25,38H,9-10,15-16H2,1H3,(H2,34,36)(H,35,39).